The van der Waals surface area contributed by atoms with Crippen molar-refractivity contribution in [3.63, 3.8) is 0 Å². The first kappa shape index (κ1) is 15.4. The van der Waals surface area contributed by atoms with Gasteiger partial charge in [0.25, 0.3) is 0 Å². The Bertz CT molecular complexity index is 627. The Morgan fingerprint density at radius 3 is 2.90 bits per heavy atom. The van der Waals surface area contributed by atoms with Crippen molar-refractivity contribution in [2.75, 3.05) is 6.61 Å². The number of benzene rings is 1. The van der Waals surface area contributed by atoms with Gasteiger partial charge in [-0.15, -0.1) is 11.3 Å². The van der Waals surface area contributed by atoms with E-state index in [2.05, 4.69) is 4.98 Å². The minimum Gasteiger partial charge on any atom is -0.493 e. The maximum absolute atomic E-state index is 13.0. The second kappa shape index (κ2) is 7.17. The van der Waals surface area contributed by atoms with Crippen molar-refractivity contribution in [3.8, 4) is 5.75 Å². The predicted octanol–water partition coefficient (Wildman–Crippen LogP) is 3.55. The summed E-state index contributed by atoms with van der Waals surface area (Å²) in [5, 5.41) is 9.87. The van der Waals surface area contributed by atoms with Crippen LogP contribution in [0.4, 0.5) is 4.39 Å². The fraction of sp³-hybridized carbons (Fsp3) is 0.333. The number of halogens is 1. The molecule has 0 radical (unpaired) electrons. The fourth-order valence-corrected chi connectivity index (χ4v) is 2.82. The quantitative estimate of drug-likeness (QED) is 0.849. The molecule has 0 saturated carbocycles. The van der Waals surface area contributed by atoms with Crippen LogP contribution in [0.2, 0.25) is 0 Å². The Morgan fingerprint density at radius 2 is 2.24 bits per heavy atom. The minimum absolute atomic E-state index is 0.303. The summed E-state index contributed by atoms with van der Waals surface area (Å²) in [6.45, 7) is 2.32. The number of carboxylic acids is 1. The van der Waals surface area contributed by atoms with Crippen molar-refractivity contribution in [3.05, 3.63) is 45.7 Å². The van der Waals surface area contributed by atoms with Crippen LogP contribution in [-0.4, -0.2) is 22.7 Å². The van der Waals surface area contributed by atoms with Gasteiger partial charge >= 0.3 is 5.97 Å². The Hall–Kier alpha value is -1.95. The van der Waals surface area contributed by atoms with Gasteiger partial charge in [0.2, 0.25) is 0 Å². The number of carboxylic acid groups (broad SMARTS) is 1. The number of aryl methyl sites for hydroxylation is 1. The Kier molecular flexibility index (Phi) is 5.27. The highest BCUT2D eigenvalue weighted by molar-refractivity contribution is 7.13. The van der Waals surface area contributed by atoms with Crippen LogP contribution in [0, 0.1) is 5.82 Å². The second-order valence-corrected chi connectivity index (χ2v) is 5.58. The van der Waals surface area contributed by atoms with Crippen LogP contribution in [0.5, 0.6) is 5.75 Å². The van der Waals surface area contributed by atoms with Crippen molar-refractivity contribution in [2.45, 2.75) is 26.2 Å². The number of aromatic carboxylic acids is 1. The van der Waals surface area contributed by atoms with Gasteiger partial charge < -0.3 is 9.84 Å². The molecule has 6 heteroatoms. The van der Waals surface area contributed by atoms with Crippen molar-refractivity contribution in [1.29, 1.82) is 0 Å². The number of aromatic nitrogens is 1. The number of hydrogen-bond acceptors (Lipinski definition) is 4. The highest BCUT2D eigenvalue weighted by Crippen LogP contribution is 2.21. The number of ether oxygens (including phenoxy) is 1. The minimum atomic E-state index is -0.937. The summed E-state index contributed by atoms with van der Waals surface area (Å²) in [4.78, 5) is 15.8. The van der Waals surface area contributed by atoms with Gasteiger partial charge in [0, 0.05) is 12.5 Å². The molecule has 1 aromatic carbocycles. The third kappa shape index (κ3) is 4.26. The van der Waals surface area contributed by atoms with Gasteiger partial charge in [-0.3, -0.25) is 0 Å². The number of nitrogens with zero attached hydrogens (tertiary/aromatic N) is 1. The summed E-state index contributed by atoms with van der Waals surface area (Å²) < 4.78 is 18.4. The van der Waals surface area contributed by atoms with E-state index < -0.39 is 5.97 Å². The molecule has 2 aromatic rings. The molecule has 21 heavy (non-hydrogen) atoms. The first-order valence-electron chi connectivity index (χ1n) is 6.70. The number of hydrogen-bond donors (Lipinski definition) is 1. The molecule has 1 heterocycles. The van der Waals surface area contributed by atoms with E-state index in [1.54, 1.807) is 12.1 Å². The molecule has 0 atom stereocenters. The largest absolute Gasteiger partial charge is 0.493 e. The molecule has 0 fully saturated rings. The van der Waals surface area contributed by atoms with Crippen LogP contribution in [0.25, 0.3) is 0 Å². The van der Waals surface area contributed by atoms with Gasteiger partial charge in [0.1, 0.15) is 16.4 Å². The zero-order valence-electron chi connectivity index (χ0n) is 11.6. The molecule has 0 bridgehead atoms. The summed E-state index contributed by atoms with van der Waals surface area (Å²) in [7, 11) is 0. The highest BCUT2D eigenvalue weighted by Gasteiger charge is 2.16. The molecule has 1 N–H and O–H groups in total. The van der Waals surface area contributed by atoms with E-state index in [0.717, 1.165) is 11.4 Å². The first-order chi connectivity index (χ1) is 10.1. The lowest BCUT2D eigenvalue weighted by Crippen LogP contribution is -2.01. The van der Waals surface area contributed by atoms with Crippen molar-refractivity contribution in [2.24, 2.45) is 0 Å². The Morgan fingerprint density at radius 1 is 1.43 bits per heavy atom. The van der Waals surface area contributed by atoms with E-state index >= 15 is 0 Å². The van der Waals surface area contributed by atoms with Gasteiger partial charge in [-0.1, -0.05) is 19.4 Å². The standard InChI is InChI=1S/C15H16FNO3S/c1-2-4-12-14(15(18)19)21-13(17-12)7-8-20-11-6-3-5-10(16)9-11/h3,5-6,9H,2,4,7-8H2,1H3,(H,18,19). The lowest BCUT2D eigenvalue weighted by Gasteiger charge is -2.04. The Labute approximate surface area is 126 Å². The molecule has 0 aliphatic carbocycles. The van der Waals surface area contributed by atoms with Gasteiger partial charge in [-0.05, 0) is 18.6 Å². The van der Waals surface area contributed by atoms with E-state index in [0.29, 0.717) is 35.8 Å². The summed E-state index contributed by atoms with van der Waals surface area (Å²) in [5.74, 6) is -0.827. The van der Waals surface area contributed by atoms with Crippen molar-refractivity contribution < 1.29 is 19.0 Å². The summed E-state index contributed by atoms with van der Waals surface area (Å²) >= 11 is 1.18. The number of carbonyl (C=O) groups is 1. The van der Waals surface area contributed by atoms with Gasteiger partial charge in [-0.25, -0.2) is 14.2 Å². The molecule has 112 valence electrons. The van der Waals surface area contributed by atoms with E-state index in [9.17, 15) is 9.18 Å². The molecule has 0 saturated heterocycles. The predicted molar refractivity (Wildman–Crippen MR) is 78.7 cm³/mol. The van der Waals surface area contributed by atoms with Crippen LogP contribution in [0.1, 0.15) is 33.7 Å². The smallest absolute Gasteiger partial charge is 0.347 e. The van der Waals surface area contributed by atoms with E-state index in [-0.39, 0.29) is 5.82 Å². The molecule has 0 amide bonds. The van der Waals surface area contributed by atoms with Crippen LogP contribution in [0.15, 0.2) is 24.3 Å². The molecule has 0 aliphatic rings. The fourth-order valence-electron chi connectivity index (χ4n) is 1.89. The second-order valence-electron chi connectivity index (χ2n) is 4.49. The van der Waals surface area contributed by atoms with Gasteiger partial charge in [-0.2, -0.15) is 0 Å². The average molecular weight is 309 g/mol. The zero-order chi connectivity index (χ0) is 15.2. The van der Waals surface area contributed by atoms with E-state index in [1.165, 1.54) is 23.5 Å². The molecule has 2 rings (SSSR count). The SMILES string of the molecule is CCCc1nc(CCOc2cccc(F)c2)sc1C(=O)O. The van der Waals surface area contributed by atoms with Crippen LogP contribution in [-0.2, 0) is 12.8 Å². The normalized spacial score (nSPS) is 10.6. The molecular weight excluding hydrogens is 293 g/mol. The average Bonchev–Trinajstić information content (AvgIpc) is 2.83. The summed E-state index contributed by atoms with van der Waals surface area (Å²) in [6, 6.07) is 5.92. The van der Waals surface area contributed by atoms with Gasteiger partial charge in [0.05, 0.1) is 17.3 Å². The molecular formula is C15H16FNO3S. The van der Waals surface area contributed by atoms with Crippen molar-refractivity contribution >= 4 is 17.3 Å². The van der Waals surface area contributed by atoms with Crippen LogP contribution >= 0.6 is 11.3 Å². The lowest BCUT2D eigenvalue weighted by atomic mass is 10.2. The Balaban J connectivity index is 1.97. The highest BCUT2D eigenvalue weighted by atomic mass is 32.1. The third-order valence-electron chi connectivity index (χ3n) is 2.80. The van der Waals surface area contributed by atoms with E-state index in [4.69, 9.17) is 9.84 Å². The molecule has 4 nitrogen and oxygen atoms in total. The molecule has 0 spiro atoms. The topological polar surface area (TPSA) is 59.4 Å². The van der Waals surface area contributed by atoms with Crippen LogP contribution in [0.3, 0.4) is 0 Å². The first-order valence-corrected chi connectivity index (χ1v) is 7.52. The molecule has 0 unspecified atom stereocenters. The molecule has 1 aromatic heterocycles. The summed E-state index contributed by atoms with van der Waals surface area (Å²) in [6.07, 6.45) is 2.01. The lowest BCUT2D eigenvalue weighted by molar-refractivity contribution is 0.0700. The molecule has 0 aliphatic heterocycles. The maximum atomic E-state index is 13.0. The van der Waals surface area contributed by atoms with Crippen LogP contribution < -0.4 is 4.74 Å². The third-order valence-corrected chi connectivity index (χ3v) is 3.95. The monoisotopic (exact) mass is 309 g/mol. The number of thiazole rings is 1. The van der Waals surface area contributed by atoms with Gasteiger partial charge in [0.15, 0.2) is 0 Å². The maximum Gasteiger partial charge on any atom is 0.347 e. The number of rotatable bonds is 7. The summed E-state index contributed by atoms with van der Waals surface area (Å²) in [5.41, 5.74) is 0.635. The van der Waals surface area contributed by atoms with E-state index in [1.807, 2.05) is 6.92 Å². The van der Waals surface area contributed by atoms with Crippen molar-refractivity contribution in [1.82, 2.24) is 4.98 Å². The zero-order valence-corrected chi connectivity index (χ0v) is 12.5.